The second-order valence-corrected chi connectivity index (χ2v) is 8.90. The van der Waals surface area contributed by atoms with Gasteiger partial charge in [0.1, 0.15) is 0 Å². The molecule has 0 amide bonds. The van der Waals surface area contributed by atoms with Crippen LogP contribution in [0.15, 0.2) is 42.5 Å². The molecule has 0 bridgehead atoms. The van der Waals surface area contributed by atoms with Crippen molar-refractivity contribution in [2.45, 2.75) is 59.3 Å². The minimum atomic E-state index is 0.185. The van der Waals surface area contributed by atoms with Gasteiger partial charge in [-0.05, 0) is 0 Å². The third-order valence-electron chi connectivity index (χ3n) is 4.20. The van der Waals surface area contributed by atoms with Gasteiger partial charge in [0.15, 0.2) is 0 Å². The monoisotopic (exact) mass is 384 g/mol. The summed E-state index contributed by atoms with van der Waals surface area (Å²) in [5.41, 5.74) is 5.55. The van der Waals surface area contributed by atoms with E-state index in [0.29, 0.717) is 17.8 Å². The van der Waals surface area contributed by atoms with E-state index < -0.39 is 0 Å². The van der Waals surface area contributed by atoms with Crippen molar-refractivity contribution in [2.75, 3.05) is 0 Å². The van der Waals surface area contributed by atoms with Crippen LogP contribution in [0.3, 0.4) is 0 Å². The molecule has 0 heterocycles. The van der Waals surface area contributed by atoms with Gasteiger partial charge >= 0.3 is 154 Å². The van der Waals surface area contributed by atoms with Crippen molar-refractivity contribution in [1.29, 1.82) is 0 Å². The maximum absolute atomic E-state index is 3.47. The van der Waals surface area contributed by atoms with E-state index in [1.807, 2.05) is 18.2 Å². The van der Waals surface area contributed by atoms with Crippen molar-refractivity contribution < 1.29 is 0 Å². The molecule has 126 valence electrons. The summed E-state index contributed by atoms with van der Waals surface area (Å²) in [5, 5.41) is 0. The Morgan fingerprint density at radius 1 is 0.750 bits per heavy atom. The molecule has 1 heteroatoms. The molecule has 0 aliphatic heterocycles. The van der Waals surface area contributed by atoms with E-state index >= 15 is 0 Å². The summed E-state index contributed by atoms with van der Waals surface area (Å²) in [5.74, 6) is 4.98. The van der Waals surface area contributed by atoms with Gasteiger partial charge in [0.2, 0.25) is 0 Å². The van der Waals surface area contributed by atoms with Crippen molar-refractivity contribution >= 4 is 19.4 Å². The molecule has 0 fully saturated rings. The standard InChI is InChI=1S/C23H28Se/c1-16(2)20-14-21(17(3)4)23(22(15-20)18(5)6)24-13-12-19-10-8-7-9-11-19/h7-11,14-18H,1-6H3. The van der Waals surface area contributed by atoms with E-state index in [1.54, 1.807) is 0 Å². The van der Waals surface area contributed by atoms with Gasteiger partial charge in [-0.1, -0.05) is 0 Å². The first-order valence-electron chi connectivity index (χ1n) is 8.80. The molecule has 0 saturated carbocycles. The topological polar surface area (TPSA) is 0 Å². The molecule has 2 aromatic rings. The summed E-state index contributed by atoms with van der Waals surface area (Å²) in [6.07, 6.45) is 0. The summed E-state index contributed by atoms with van der Waals surface area (Å²) < 4.78 is 1.50. The van der Waals surface area contributed by atoms with Gasteiger partial charge in [0.05, 0.1) is 0 Å². The Morgan fingerprint density at radius 3 is 1.75 bits per heavy atom. The van der Waals surface area contributed by atoms with Gasteiger partial charge in [-0.2, -0.15) is 0 Å². The van der Waals surface area contributed by atoms with Crippen LogP contribution in [0.4, 0.5) is 0 Å². The molecule has 0 unspecified atom stereocenters. The van der Waals surface area contributed by atoms with E-state index in [-0.39, 0.29) is 15.0 Å². The number of rotatable bonds is 4. The molecule has 0 radical (unpaired) electrons. The van der Waals surface area contributed by atoms with Crippen LogP contribution in [-0.4, -0.2) is 15.0 Å². The van der Waals surface area contributed by atoms with Gasteiger partial charge in [-0.3, -0.25) is 0 Å². The summed E-state index contributed by atoms with van der Waals surface area (Å²) in [7, 11) is 0. The van der Waals surface area contributed by atoms with E-state index in [9.17, 15) is 0 Å². The van der Waals surface area contributed by atoms with Crippen LogP contribution in [0, 0.1) is 10.7 Å². The average molecular weight is 383 g/mol. The Bertz CT molecular complexity index is 699. The zero-order valence-electron chi connectivity index (χ0n) is 15.7. The molecular weight excluding hydrogens is 355 g/mol. The second-order valence-electron chi connectivity index (χ2n) is 7.19. The maximum atomic E-state index is 3.47. The number of hydrogen-bond acceptors (Lipinski definition) is 0. The molecule has 0 aliphatic carbocycles. The zero-order valence-corrected chi connectivity index (χ0v) is 17.4. The Morgan fingerprint density at radius 2 is 1.29 bits per heavy atom. The van der Waals surface area contributed by atoms with Crippen molar-refractivity contribution in [3.63, 3.8) is 0 Å². The normalized spacial score (nSPS) is 11.0. The summed E-state index contributed by atoms with van der Waals surface area (Å²) in [6.45, 7) is 13.8. The number of hydrogen-bond donors (Lipinski definition) is 0. The molecule has 2 rings (SSSR count). The Labute approximate surface area is 154 Å². The third-order valence-corrected chi connectivity index (χ3v) is 6.05. The van der Waals surface area contributed by atoms with E-state index in [1.165, 1.54) is 21.2 Å². The molecule has 24 heavy (non-hydrogen) atoms. The predicted molar refractivity (Wildman–Crippen MR) is 107 cm³/mol. The molecule has 2 aromatic carbocycles. The first-order valence-corrected chi connectivity index (χ1v) is 10.5. The quantitative estimate of drug-likeness (QED) is 0.490. The fourth-order valence-electron chi connectivity index (χ4n) is 2.66. The van der Waals surface area contributed by atoms with Gasteiger partial charge < -0.3 is 0 Å². The Hall–Kier alpha value is -1.48. The van der Waals surface area contributed by atoms with Crippen molar-refractivity contribution in [3.05, 3.63) is 64.7 Å². The number of benzene rings is 2. The molecule has 0 aromatic heterocycles. The molecule has 0 saturated heterocycles. The molecule has 0 aliphatic rings. The zero-order chi connectivity index (χ0) is 17.7. The fourth-order valence-corrected chi connectivity index (χ4v) is 4.96. The van der Waals surface area contributed by atoms with Gasteiger partial charge in [0, 0.05) is 0 Å². The molecular formula is C23H28Se. The van der Waals surface area contributed by atoms with Gasteiger partial charge in [0.25, 0.3) is 0 Å². The molecule has 0 N–H and O–H groups in total. The van der Waals surface area contributed by atoms with Gasteiger partial charge in [-0.25, -0.2) is 0 Å². The second kappa shape index (κ2) is 8.57. The van der Waals surface area contributed by atoms with Crippen LogP contribution in [0.5, 0.6) is 0 Å². The SMILES string of the molecule is CC(C)c1cc(C(C)C)c([Se]C#Cc2ccccc2)c(C(C)C)c1. The first kappa shape index (κ1) is 18.9. The van der Waals surface area contributed by atoms with Gasteiger partial charge in [-0.15, -0.1) is 0 Å². The van der Waals surface area contributed by atoms with E-state index in [4.69, 9.17) is 0 Å². The van der Waals surface area contributed by atoms with Crippen LogP contribution in [0.25, 0.3) is 0 Å². The Kier molecular flexibility index (Phi) is 6.73. The third kappa shape index (κ3) is 4.76. The average Bonchev–Trinajstić information content (AvgIpc) is 2.55. The van der Waals surface area contributed by atoms with Crippen molar-refractivity contribution in [1.82, 2.24) is 0 Å². The molecule has 0 spiro atoms. The summed E-state index contributed by atoms with van der Waals surface area (Å²) in [4.78, 5) is 3.47. The summed E-state index contributed by atoms with van der Waals surface area (Å²) >= 11 is 0.185. The first-order chi connectivity index (χ1) is 11.4. The van der Waals surface area contributed by atoms with Crippen LogP contribution in [0.2, 0.25) is 0 Å². The van der Waals surface area contributed by atoms with E-state index in [0.717, 1.165) is 5.56 Å². The molecule has 0 nitrogen and oxygen atoms in total. The van der Waals surface area contributed by atoms with Crippen molar-refractivity contribution in [2.24, 2.45) is 0 Å². The van der Waals surface area contributed by atoms with Crippen LogP contribution in [0.1, 0.15) is 81.5 Å². The summed E-state index contributed by atoms with van der Waals surface area (Å²) in [6, 6.07) is 15.1. The van der Waals surface area contributed by atoms with Crippen molar-refractivity contribution in [3.8, 4) is 10.7 Å². The minimum absolute atomic E-state index is 0.185. The Balaban J connectivity index is 2.45. The fraction of sp³-hybridized carbons (Fsp3) is 0.391. The van der Waals surface area contributed by atoms with Crippen LogP contribution in [-0.2, 0) is 0 Å². The van der Waals surface area contributed by atoms with Crippen LogP contribution >= 0.6 is 0 Å². The van der Waals surface area contributed by atoms with Crippen LogP contribution < -0.4 is 4.46 Å². The van der Waals surface area contributed by atoms with E-state index in [2.05, 4.69) is 76.5 Å². The predicted octanol–water partition coefficient (Wildman–Crippen LogP) is 5.40. The molecule has 0 atom stereocenters.